The Hall–Kier alpha value is -3.19. The monoisotopic (exact) mass is 396 g/mol. The van der Waals surface area contributed by atoms with Gasteiger partial charge in [-0.05, 0) is 43.3 Å². The molecule has 3 N–H and O–H groups in total. The molecule has 0 aliphatic carbocycles. The average molecular weight is 396 g/mol. The Labute approximate surface area is 171 Å². The van der Waals surface area contributed by atoms with Crippen LogP contribution in [0.25, 0.3) is 0 Å². The molecule has 0 heterocycles. The molecule has 0 radical (unpaired) electrons. The van der Waals surface area contributed by atoms with E-state index in [1.54, 1.807) is 29.2 Å². The summed E-state index contributed by atoms with van der Waals surface area (Å²) < 4.78 is 0. The van der Waals surface area contributed by atoms with Gasteiger partial charge in [-0.25, -0.2) is 0 Å². The summed E-state index contributed by atoms with van der Waals surface area (Å²) in [6.45, 7) is 6.66. The largest absolute Gasteiger partial charge is 0.351 e. The minimum Gasteiger partial charge on any atom is -0.351 e. The molecule has 0 aromatic heterocycles. The summed E-state index contributed by atoms with van der Waals surface area (Å²) in [5.41, 5.74) is 3.50. The van der Waals surface area contributed by atoms with Crippen molar-refractivity contribution < 1.29 is 14.4 Å². The second-order valence-corrected chi connectivity index (χ2v) is 6.87. The summed E-state index contributed by atoms with van der Waals surface area (Å²) in [5, 5.41) is 8.35. The van der Waals surface area contributed by atoms with E-state index in [2.05, 4.69) is 16.0 Å². The van der Waals surface area contributed by atoms with E-state index in [1.165, 1.54) is 12.5 Å². The number of carbonyl (C=O) groups is 3. The van der Waals surface area contributed by atoms with Crippen LogP contribution in [0.15, 0.2) is 48.5 Å². The summed E-state index contributed by atoms with van der Waals surface area (Å²) >= 11 is 0. The summed E-state index contributed by atoms with van der Waals surface area (Å²) in [4.78, 5) is 37.3. The fourth-order valence-electron chi connectivity index (χ4n) is 2.69. The molecule has 154 valence electrons. The third-order valence-electron chi connectivity index (χ3n) is 4.28. The molecule has 2 aromatic rings. The van der Waals surface area contributed by atoms with Crippen LogP contribution in [0.1, 0.15) is 25.0 Å². The van der Waals surface area contributed by atoms with Crippen LogP contribution in [-0.2, 0) is 20.9 Å². The SMILES string of the molecule is CCN(CC(=O)NCc1ccc(C)cc1)CC(=O)Nc1ccc(NC(C)=O)cc1. The van der Waals surface area contributed by atoms with Crippen LogP contribution in [0, 0.1) is 6.92 Å². The highest BCUT2D eigenvalue weighted by molar-refractivity contribution is 5.93. The first-order chi connectivity index (χ1) is 13.9. The molecule has 0 bridgehead atoms. The first-order valence-electron chi connectivity index (χ1n) is 9.58. The minimum absolute atomic E-state index is 0.113. The number of nitrogens with zero attached hydrogens (tertiary/aromatic N) is 1. The number of nitrogens with one attached hydrogen (secondary N) is 3. The van der Waals surface area contributed by atoms with E-state index in [1.807, 2.05) is 38.1 Å². The number of rotatable bonds is 9. The third-order valence-corrected chi connectivity index (χ3v) is 4.28. The zero-order valence-corrected chi connectivity index (χ0v) is 17.1. The maximum absolute atomic E-state index is 12.3. The third kappa shape index (κ3) is 8.15. The Bertz CT molecular complexity index is 832. The minimum atomic E-state index is -0.203. The van der Waals surface area contributed by atoms with Gasteiger partial charge in [0.15, 0.2) is 0 Å². The van der Waals surface area contributed by atoms with Crippen LogP contribution in [0.4, 0.5) is 11.4 Å². The van der Waals surface area contributed by atoms with E-state index in [4.69, 9.17) is 0 Å². The van der Waals surface area contributed by atoms with Crippen molar-refractivity contribution in [3.63, 3.8) is 0 Å². The predicted octanol–water partition coefficient (Wildman–Crippen LogP) is 2.53. The first kappa shape index (κ1) is 22.1. The lowest BCUT2D eigenvalue weighted by Gasteiger charge is -2.19. The van der Waals surface area contributed by atoms with Crippen molar-refractivity contribution in [3.05, 3.63) is 59.7 Å². The highest BCUT2D eigenvalue weighted by Crippen LogP contribution is 2.13. The molecular weight excluding hydrogens is 368 g/mol. The van der Waals surface area contributed by atoms with Crippen molar-refractivity contribution in [3.8, 4) is 0 Å². The lowest BCUT2D eigenvalue weighted by molar-refractivity contribution is -0.123. The second kappa shape index (κ2) is 11.0. The summed E-state index contributed by atoms with van der Waals surface area (Å²) in [7, 11) is 0. The van der Waals surface area contributed by atoms with E-state index in [-0.39, 0.29) is 30.8 Å². The number of hydrogen-bond acceptors (Lipinski definition) is 4. The highest BCUT2D eigenvalue weighted by Gasteiger charge is 2.13. The number of anilines is 2. The lowest BCUT2D eigenvalue weighted by atomic mass is 10.1. The average Bonchev–Trinajstić information content (AvgIpc) is 2.68. The lowest BCUT2D eigenvalue weighted by Crippen LogP contribution is -2.40. The molecule has 0 aliphatic rings. The van der Waals surface area contributed by atoms with Crippen LogP contribution >= 0.6 is 0 Å². The molecule has 0 atom stereocenters. The Morgan fingerprint density at radius 2 is 1.38 bits per heavy atom. The van der Waals surface area contributed by atoms with Gasteiger partial charge in [0.1, 0.15) is 0 Å². The van der Waals surface area contributed by atoms with E-state index in [9.17, 15) is 14.4 Å². The van der Waals surface area contributed by atoms with Gasteiger partial charge in [0.25, 0.3) is 0 Å². The van der Waals surface area contributed by atoms with Gasteiger partial charge in [-0.3, -0.25) is 19.3 Å². The molecule has 2 aromatic carbocycles. The van der Waals surface area contributed by atoms with Crippen LogP contribution < -0.4 is 16.0 Å². The number of carbonyl (C=O) groups excluding carboxylic acids is 3. The van der Waals surface area contributed by atoms with Gasteiger partial charge in [0.2, 0.25) is 17.7 Å². The van der Waals surface area contributed by atoms with E-state index in [0.717, 1.165) is 5.56 Å². The number of benzene rings is 2. The Kier molecular flexibility index (Phi) is 8.36. The van der Waals surface area contributed by atoms with Crippen molar-refractivity contribution in [1.82, 2.24) is 10.2 Å². The topological polar surface area (TPSA) is 90.5 Å². The maximum Gasteiger partial charge on any atom is 0.238 e. The van der Waals surface area contributed by atoms with Crippen LogP contribution in [0.2, 0.25) is 0 Å². The maximum atomic E-state index is 12.3. The number of likely N-dealkylation sites (N-methyl/N-ethyl adjacent to an activating group) is 1. The summed E-state index contributed by atoms with van der Waals surface area (Å²) in [6.07, 6.45) is 0. The number of amides is 3. The number of aryl methyl sites for hydroxylation is 1. The molecule has 0 fully saturated rings. The van der Waals surface area contributed by atoms with E-state index < -0.39 is 0 Å². The zero-order valence-electron chi connectivity index (χ0n) is 17.1. The Balaban J connectivity index is 1.78. The Morgan fingerprint density at radius 3 is 1.93 bits per heavy atom. The molecule has 0 saturated carbocycles. The van der Waals surface area contributed by atoms with Crippen LogP contribution in [0.5, 0.6) is 0 Å². The molecule has 3 amide bonds. The zero-order chi connectivity index (χ0) is 21.2. The molecule has 7 nitrogen and oxygen atoms in total. The molecule has 0 saturated heterocycles. The standard InChI is InChI=1S/C22H28N4O3/c1-4-26(14-21(28)23-13-18-7-5-16(2)6-8-18)15-22(29)25-20-11-9-19(10-12-20)24-17(3)27/h5-12H,4,13-15H2,1-3H3,(H,23,28)(H,24,27)(H,25,29). The highest BCUT2D eigenvalue weighted by atomic mass is 16.2. The molecule has 2 rings (SSSR count). The van der Waals surface area contributed by atoms with Crippen molar-refractivity contribution in [1.29, 1.82) is 0 Å². The quantitative estimate of drug-likeness (QED) is 0.608. The van der Waals surface area contributed by atoms with Crippen molar-refractivity contribution >= 4 is 29.1 Å². The molecule has 0 unspecified atom stereocenters. The van der Waals surface area contributed by atoms with Crippen molar-refractivity contribution in [2.45, 2.75) is 27.3 Å². The molecule has 0 spiro atoms. The van der Waals surface area contributed by atoms with Crippen LogP contribution in [0.3, 0.4) is 0 Å². The number of hydrogen-bond donors (Lipinski definition) is 3. The van der Waals surface area contributed by atoms with E-state index >= 15 is 0 Å². The van der Waals surface area contributed by atoms with Gasteiger partial charge in [-0.1, -0.05) is 36.8 Å². The summed E-state index contributed by atoms with van der Waals surface area (Å²) in [5.74, 6) is -0.480. The fourth-order valence-corrected chi connectivity index (χ4v) is 2.69. The van der Waals surface area contributed by atoms with Gasteiger partial charge in [-0.15, -0.1) is 0 Å². The fraction of sp³-hybridized carbons (Fsp3) is 0.318. The van der Waals surface area contributed by atoms with Crippen molar-refractivity contribution in [2.24, 2.45) is 0 Å². The van der Waals surface area contributed by atoms with E-state index in [0.29, 0.717) is 24.5 Å². The van der Waals surface area contributed by atoms with Gasteiger partial charge in [-0.2, -0.15) is 0 Å². The molecule has 7 heteroatoms. The second-order valence-electron chi connectivity index (χ2n) is 6.87. The van der Waals surface area contributed by atoms with Gasteiger partial charge in [0.05, 0.1) is 13.1 Å². The van der Waals surface area contributed by atoms with Crippen LogP contribution in [-0.4, -0.2) is 42.3 Å². The smallest absolute Gasteiger partial charge is 0.238 e. The normalized spacial score (nSPS) is 10.5. The molecular formula is C22H28N4O3. The molecule has 0 aliphatic heterocycles. The van der Waals surface area contributed by atoms with Gasteiger partial charge >= 0.3 is 0 Å². The van der Waals surface area contributed by atoms with Gasteiger partial charge in [0, 0.05) is 24.8 Å². The summed E-state index contributed by atoms with van der Waals surface area (Å²) in [6, 6.07) is 14.8. The predicted molar refractivity (Wildman–Crippen MR) is 115 cm³/mol. The first-order valence-corrected chi connectivity index (χ1v) is 9.58. The van der Waals surface area contributed by atoms with Crippen molar-refractivity contribution in [2.75, 3.05) is 30.3 Å². The molecule has 29 heavy (non-hydrogen) atoms. The Morgan fingerprint density at radius 1 is 0.828 bits per heavy atom. The van der Waals surface area contributed by atoms with Gasteiger partial charge < -0.3 is 16.0 Å².